The van der Waals surface area contributed by atoms with E-state index in [-0.39, 0.29) is 5.54 Å². The summed E-state index contributed by atoms with van der Waals surface area (Å²) in [6.07, 6.45) is 0. The van der Waals surface area contributed by atoms with E-state index >= 15 is 0 Å². The Hall–Kier alpha value is -0.860. The lowest BCUT2D eigenvalue weighted by atomic mass is 10.00. The van der Waals surface area contributed by atoms with Crippen LogP contribution in [-0.2, 0) is 6.54 Å². The molecule has 0 aromatic heterocycles. The van der Waals surface area contributed by atoms with Crippen molar-refractivity contribution in [3.8, 4) is 0 Å². The number of rotatable bonds is 6. The molecule has 0 aliphatic carbocycles. The smallest absolute Gasteiger partial charge is 0.0244 e. The first-order valence-corrected chi connectivity index (χ1v) is 7.70. The van der Waals surface area contributed by atoms with Crippen molar-refractivity contribution in [1.82, 2.24) is 10.2 Å². The SMILES string of the molecule is Cc1ccc(CN(C)C(CNC(C)(C)C)C(C)C)cc1. The minimum atomic E-state index is 0.178. The van der Waals surface area contributed by atoms with Crippen LogP contribution >= 0.6 is 0 Å². The standard InChI is InChI=1S/C18H32N2/c1-14(2)17(12-19-18(4,5)6)20(7)13-16-10-8-15(3)9-11-16/h8-11,14,17,19H,12-13H2,1-7H3. The van der Waals surface area contributed by atoms with Gasteiger partial charge >= 0.3 is 0 Å². The first-order valence-electron chi connectivity index (χ1n) is 7.70. The van der Waals surface area contributed by atoms with Crippen molar-refractivity contribution < 1.29 is 0 Å². The summed E-state index contributed by atoms with van der Waals surface area (Å²) < 4.78 is 0. The molecule has 1 atom stereocenters. The lowest BCUT2D eigenvalue weighted by Crippen LogP contribution is -2.48. The number of aryl methyl sites for hydroxylation is 1. The molecule has 1 unspecified atom stereocenters. The average Bonchev–Trinajstić information content (AvgIpc) is 2.30. The summed E-state index contributed by atoms with van der Waals surface area (Å²) in [5.41, 5.74) is 2.89. The van der Waals surface area contributed by atoms with E-state index in [2.05, 4.69) is 83.1 Å². The Morgan fingerprint density at radius 1 is 1.10 bits per heavy atom. The summed E-state index contributed by atoms with van der Waals surface area (Å²) in [4.78, 5) is 2.47. The van der Waals surface area contributed by atoms with E-state index in [4.69, 9.17) is 0 Å². The highest BCUT2D eigenvalue weighted by molar-refractivity contribution is 5.21. The number of nitrogens with one attached hydrogen (secondary N) is 1. The maximum absolute atomic E-state index is 3.64. The van der Waals surface area contributed by atoms with Gasteiger partial charge in [0.15, 0.2) is 0 Å². The van der Waals surface area contributed by atoms with Crippen LogP contribution in [0.4, 0.5) is 0 Å². The Morgan fingerprint density at radius 2 is 1.65 bits per heavy atom. The van der Waals surface area contributed by atoms with Gasteiger partial charge in [0.2, 0.25) is 0 Å². The van der Waals surface area contributed by atoms with Gasteiger partial charge in [-0.2, -0.15) is 0 Å². The van der Waals surface area contributed by atoms with Crippen LogP contribution in [0.5, 0.6) is 0 Å². The molecule has 0 aliphatic rings. The van der Waals surface area contributed by atoms with Crippen molar-refractivity contribution in [2.24, 2.45) is 5.92 Å². The lowest BCUT2D eigenvalue weighted by molar-refractivity contribution is 0.169. The van der Waals surface area contributed by atoms with E-state index in [1.807, 2.05) is 0 Å². The second-order valence-electron chi connectivity index (χ2n) is 7.34. The van der Waals surface area contributed by atoms with Crippen LogP contribution < -0.4 is 5.32 Å². The molecule has 0 spiro atoms. The van der Waals surface area contributed by atoms with Gasteiger partial charge in [0, 0.05) is 24.7 Å². The Labute approximate surface area is 125 Å². The average molecular weight is 276 g/mol. The highest BCUT2D eigenvalue weighted by atomic mass is 15.2. The normalized spacial score (nSPS) is 14.1. The number of hydrogen-bond donors (Lipinski definition) is 1. The minimum absolute atomic E-state index is 0.178. The molecule has 0 fully saturated rings. The monoisotopic (exact) mass is 276 g/mol. The maximum Gasteiger partial charge on any atom is 0.0244 e. The van der Waals surface area contributed by atoms with Gasteiger partial charge in [0.25, 0.3) is 0 Å². The van der Waals surface area contributed by atoms with Gasteiger partial charge in [-0.15, -0.1) is 0 Å². The highest BCUT2D eigenvalue weighted by Crippen LogP contribution is 2.14. The first-order chi connectivity index (χ1) is 9.19. The third-order valence-corrected chi connectivity index (χ3v) is 3.73. The zero-order valence-electron chi connectivity index (χ0n) is 14.3. The summed E-state index contributed by atoms with van der Waals surface area (Å²) >= 11 is 0. The molecule has 0 radical (unpaired) electrons. The van der Waals surface area contributed by atoms with E-state index in [9.17, 15) is 0 Å². The van der Waals surface area contributed by atoms with Gasteiger partial charge in [0.05, 0.1) is 0 Å². The van der Waals surface area contributed by atoms with Crippen LogP contribution in [0.2, 0.25) is 0 Å². The minimum Gasteiger partial charge on any atom is -0.311 e. The van der Waals surface area contributed by atoms with Crippen molar-refractivity contribution in [3.63, 3.8) is 0 Å². The van der Waals surface area contributed by atoms with Crippen molar-refractivity contribution >= 4 is 0 Å². The second kappa shape index (κ2) is 7.24. The fourth-order valence-electron chi connectivity index (χ4n) is 2.41. The summed E-state index contributed by atoms with van der Waals surface area (Å²) in [5, 5.41) is 3.64. The van der Waals surface area contributed by atoms with E-state index in [1.54, 1.807) is 0 Å². The largest absolute Gasteiger partial charge is 0.311 e. The predicted octanol–water partition coefficient (Wildman–Crippen LogP) is 3.84. The molecule has 1 N–H and O–H groups in total. The Bertz CT molecular complexity index is 387. The second-order valence-corrected chi connectivity index (χ2v) is 7.34. The van der Waals surface area contributed by atoms with Crippen LogP contribution in [0.15, 0.2) is 24.3 Å². The fourth-order valence-corrected chi connectivity index (χ4v) is 2.41. The third-order valence-electron chi connectivity index (χ3n) is 3.73. The summed E-state index contributed by atoms with van der Waals surface area (Å²) in [6.45, 7) is 15.5. The molecular weight excluding hydrogens is 244 g/mol. The van der Waals surface area contributed by atoms with Crippen molar-refractivity contribution in [3.05, 3.63) is 35.4 Å². The summed E-state index contributed by atoms with van der Waals surface area (Å²) in [5.74, 6) is 0.639. The van der Waals surface area contributed by atoms with Crippen molar-refractivity contribution in [2.75, 3.05) is 13.6 Å². The molecule has 1 aromatic carbocycles. The molecule has 2 heteroatoms. The molecule has 0 bridgehead atoms. The molecular formula is C18H32N2. The highest BCUT2D eigenvalue weighted by Gasteiger charge is 2.21. The van der Waals surface area contributed by atoms with E-state index in [1.165, 1.54) is 11.1 Å². The van der Waals surface area contributed by atoms with Gasteiger partial charge in [-0.25, -0.2) is 0 Å². The Balaban J connectivity index is 2.64. The molecule has 0 heterocycles. The molecule has 114 valence electrons. The van der Waals surface area contributed by atoms with Gasteiger partial charge in [-0.1, -0.05) is 43.7 Å². The molecule has 0 saturated heterocycles. The number of nitrogens with zero attached hydrogens (tertiary/aromatic N) is 1. The van der Waals surface area contributed by atoms with Crippen LogP contribution in [0.1, 0.15) is 45.7 Å². The molecule has 0 aliphatic heterocycles. The van der Waals surface area contributed by atoms with Gasteiger partial charge < -0.3 is 5.32 Å². The first kappa shape index (κ1) is 17.2. The van der Waals surface area contributed by atoms with Crippen molar-refractivity contribution in [1.29, 1.82) is 0 Å². The van der Waals surface area contributed by atoms with Crippen LogP contribution in [0.25, 0.3) is 0 Å². The van der Waals surface area contributed by atoms with Gasteiger partial charge in [-0.05, 0) is 46.2 Å². The van der Waals surface area contributed by atoms with E-state index in [0.29, 0.717) is 12.0 Å². The van der Waals surface area contributed by atoms with Crippen LogP contribution in [0.3, 0.4) is 0 Å². The molecule has 1 rings (SSSR count). The quantitative estimate of drug-likeness (QED) is 0.849. The van der Waals surface area contributed by atoms with Gasteiger partial charge in [-0.3, -0.25) is 4.90 Å². The lowest BCUT2D eigenvalue weighted by Gasteiger charge is -2.34. The molecule has 0 amide bonds. The van der Waals surface area contributed by atoms with E-state index in [0.717, 1.165) is 13.1 Å². The summed E-state index contributed by atoms with van der Waals surface area (Å²) in [6, 6.07) is 9.42. The summed E-state index contributed by atoms with van der Waals surface area (Å²) in [7, 11) is 2.23. The molecule has 0 saturated carbocycles. The zero-order valence-corrected chi connectivity index (χ0v) is 14.3. The molecule has 20 heavy (non-hydrogen) atoms. The van der Waals surface area contributed by atoms with Crippen molar-refractivity contribution in [2.45, 2.75) is 59.7 Å². The predicted molar refractivity (Wildman–Crippen MR) is 89.0 cm³/mol. The third kappa shape index (κ3) is 6.06. The maximum atomic E-state index is 3.64. The Morgan fingerprint density at radius 3 is 2.10 bits per heavy atom. The van der Waals surface area contributed by atoms with E-state index < -0.39 is 0 Å². The number of hydrogen-bond acceptors (Lipinski definition) is 2. The zero-order chi connectivity index (χ0) is 15.3. The fraction of sp³-hybridized carbons (Fsp3) is 0.667. The topological polar surface area (TPSA) is 15.3 Å². The molecule has 1 aromatic rings. The number of benzene rings is 1. The molecule has 2 nitrogen and oxygen atoms in total. The van der Waals surface area contributed by atoms with Crippen LogP contribution in [-0.4, -0.2) is 30.1 Å². The van der Waals surface area contributed by atoms with Crippen LogP contribution in [0, 0.1) is 12.8 Å². The Kier molecular flexibility index (Phi) is 6.22. The van der Waals surface area contributed by atoms with Gasteiger partial charge in [0.1, 0.15) is 0 Å². The number of likely N-dealkylation sites (N-methyl/N-ethyl adjacent to an activating group) is 1.